The Bertz CT molecular complexity index is 764. The van der Waals surface area contributed by atoms with Crippen LogP contribution < -0.4 is 4.84 Å². The van der Waals surface area contributed by atoms with Crippen molar-refractivity contribution in [2.24, 2.45) is 4.91 Å². The van der Waals surface area contributed by atoms with E-state index in [1.54, 1.807) is 0 Å². The number of hydrogen-bond acceptors (Lipinski definition) is 6. The topological polar surface area (TPSA) is 132 Å². The molecule has 0 aliphatic rings. The van der Waals surface area contributed by atoms with Crippen LogP contribution in [0.2, 0.25) is 0 Å². The molecule has 0 amide bonds. The maximum atomic E-state index is 11.7. The molecule has 0 unspecified atom stereocenters. The molecule has 11 nitrogen and oxygen atoms in total. The van der Waals surface area contributed by atoms with Gasteiger partial charge in [-0.1, -0.05) is 4.91 Å². The molecule has 0 atom stereocenters. The normalized spacial score (nSPS) is 11.6. The Hall–Kier alpha value is -2.46. The molecule has 0 aliphatic heterocycles. The molecule has 0 radical (unpaired) electrons. The van der Waals surface area contributed by atoms with Crippen molar-refractivity contribution in [1.29, 1.82) is 0 Å². The van der Waals surface area contributed by atoms with Gasteiger partial charge in [0.2, 0.25) is 7.51 Å². The van der Waals surface area contributed by atoms with Gasteiger partial charge in [-0.15, -0.1) is 0 Å². The second-order valence-corrected chi connectivity index (χ2v) is 9.56. The molecule has 0 bridgehead atoms. The summed E-state index contributed by atoms with van der Waals surface area (Å²) in [7, 11) is 8.50. The highest BCUT2D eigenvalue weighted by Gasteiger charge is 2.30. The van der Waals surface area contributed by atoms with Crippen molar-refractivity contribution in [2.45, 2.75) is 0 Å². The Balaban J connectivity index is 3.40. The van der Waals surface area contributed by atoms with Gasteiger partial charge in [-0.3, -0.25) is 0 Å². The van der Waals surface area contributed by atoms with Gasteiger partial charge in [-0.25, -0.2) is 28.4 Å². The van der Waals surface area contributed by atoms with Gasteiger partial charge in [-0.05, 0) is 60.5 Å². The smallest absolute Gasteiger partial charge is 0.478 e. The van der Waals surface area contributed by atoms with Gasteiger partial charge < -0.3 is 19.8 Å². The molecule has 0 saturated heterocycles. The number of benzene rings is 1. The summed E-state index contributed by atoms with van der Waals surface area (Å²) in [6, 6.07) is 3.39. The highest BCUT2D eigenvalue weighted by molar-refractivity contribution is 7.58. The lowest BCUT2D eigenvalue weighted by Crippen LogP contribution is -2.31. The maximum absolute atomic E-state index is 11.7. The molecule has 0 saturated carbocycles. The van der Waals surface area contributed by atoms with E-state index in [9.17, 15) is 19.5 Å². The van der Waals surface area contributed by atoms with Crippen molar-refractivity contribution in [3.63, 3.8) is 0 Å². The van der Waals surface area contributed by atoms with Gasteiger partial charge in [0.15, 0.2) is 5.75 Å². The van der Waals surface area contributed by atoms with E-state index >= 15 is 0 Å². The predicted molar refractivity (Wildman–Crippen MR) is 97.9 cm³/mol. The van der Waals surface area contributed by atoms with Crippen LogP contribution in [0, 0.1) is 0 Å². The zero-order valence-electron chi connectivity index (χ0n) is 15.9. The van der Waals surface area contributed by atoms with Gasteiger partial charge in [0, 0.05) is 0 Å². The van der Waals surface area contributed by atoms with E-state index in [2.05, 4.69) is 9.65 Å². The summed E-state index contributed by atoms with van der Waals surface area (Å²) in [5, 5.41) is 17.9. The van der Waals surface area contributed by atoms with Crippen LogP contribution in [-0.4, -0.2) is 84.6 Å². The number of ether oxygens (including phenoxy) is 1. The van der Waals surface area contributed by atoms with E-state index in [0.29, 0.717) is 0 Å². The van der Waals surface area contributed by atoms with Crippen LogP contribution in [0.3, 0.4) is 0 Å². The van der Waals surface area contributed by atoms with Crippen LogP contribution in [0.25, 0.3) is 0 Å². The minimum atomic E-state index is -2.44. The first-order valence-electron chi connectivity index (χ1n) is 7.58. The second-order valence-electron chi connectivity index (χ2n) is 5.92. The van der Waals surface area contributed by atoms with Crippen molar-refractivity contribution >= 4 is 25.6 Å². The minimum Gasteiger partial charge on any atom is -0.478 e. The molecule has 0 heterocycles. The number of esters is 1. The van der Waals surface area contributed by atoms with Crippen LogP contribution in [0.4, 0.5) is 4.79 Å². The van der Waals surface area contributed by atoms with Gasteiger partial charge in [-0.2, -0.15) is 0 Å². The molecule has 27 heavy (non-hydrogen) atoms. The third kappa shape index (κ3) is 5.04. The number of carbonyl (C=O) groups is 3. The van der Waals surface area contributed by atoms with E-state index in [-0.39, 0.29) is 16.9 Å². The lowest BCUT2D eigenvalue weighted by molar-refractivity contribution is 0.0509. The van der Waals surface area contributed by atoms with E-state index in [1.807, 2.05) is 56.3 Å². The number of aromatic carboxylic acids is 1. The average Bonchev–Trinajstić information content (AvgIpc) is 2.53. The van der Waals surface area contributed by atoms with E-state index in [4.69, 9.17) is 9.94 Å². The van der Waals surface area contributed by atoms with E-state index in [0.717, 1.165) is 6.07 Å². The molecular weight excluding hydrogens is 379 g/mol. The first-order chi connectivity index (χ1) is 12.4. The van der Waals surface area contributed by atoms with Gasteiger partial charge in [0.05, 0.1) is 5.56 Å². The number of nitrogens with zero attached hydrogens (tertiary/aromatic N) is 4. The van der Waals surface area contributed by atoms with Crippen LogP contribution >= 0.6 is 7.51 Å². The lowest BCUT2D eigenvalue weighted by Gasteiger charge is -2.39. The molecule has 0 spiro atoms. The Kier molecular flexibility index (Phi) is 7.49. The Morgan fingerprint density at radius 2 is 1.48 bits per heavy atom. The molecule has 0 aliphatic carbocycles. The van der Waals surface area contributed by atoms with Gasteiger partial charge >= 0.3 is 18.1 Å². The molecule has 12 heteroatoms. The largest absolute Gasteiger partial charge is 0.513 e. The fourth-order valence-electron chi connectivity index (χ4n) is 2.43. The maximum Gasteiger partial charge on any atom is 0.513 e. The van der Waals surface area contributed by atoms with E-state index in [1.165, 1.54) is 12.1 Å². The first-order valence-corrected chi connectivity index (χ1v) is 9.18. The monoisotopic (exact) mass is 402 g/mol. The number of rotatable bonds is 7. The molecule has 1 aromatic rings. The number of carbonyl (C=O) groups excluding carboxylic acids is 1. The van der Waals surface area contributed by atoms with Crippen molar-refractivity contribution in [1.82, 2.24) is 14.0 Å². The summed E-state index contributed by atoms with van der Waals surface area (Å²) < 4.78 is 9.63. The van der Waals surface area contributed by atoms with Crippen molar-refractivity contribution in [3.05, 3.63) is 29.3 Å². The summed E-state index contributed by atoms with van der Waals surface area (Å²) >= 11 is 0. The highest BCUT2D eigenvalue weighted by atomic mass is 31.2. The summed E-state index contributed by atoms with van der Waals surface area (Å²) in [5.41, 5.74) is -0.594. The zero-order chi connectivity index (χ0) is 20.9. The zero-order valence-corrected chi connectivity index (χ0v) is 16.8. The molecule has 0 aromatic heterocycles. The molecule has 1 aromatic carbocycles. The van der Waals surface area contributed by atoms with Crippen LogP contribution in [-0.2, 0) is 4.74 Å². The SMILES string of the molecule is CN(C)P(=NOc1ccc(C(=O)OC(=O)O)cc1C(=O)O)(N(C)C)N(C)C. The van der Waals surface area contributed by atoms with Gasteiger partial charge in [0.25, 0.3) is 0 Å². The number of hydrogen-bond donors (Lipinski definition) is 2. The van der Waals surface area contributed by atoms with Crippen molar-refractivity contribution in [2.75, 3.05) is 42.3 Å². The summed E-state index contributed by atoms with van der Waals surface area (Å²) in [6.45, 7) is 0. The lowest BCUT2D eigenvalue weighted by atomic mass is 10.1. The standard InChI is InChI=1S/C15H23N4O7P/c1-17(2)27(18(3)4,19(5)6)16-26-12-8-7-10(9-11(12)13(20)21)14(22)25-15(23)24/h7-9H,1-6H3,(H,20,21)(H,23,24). The Morgan fingerprint density at radius 1 is 0.963 bits per heavy atom. The summed E-state index contributed by atoms with van der Waals surface area (Å²) in [4.78, 5) is 43.4. The third-order valence-electron chi connectivity index (χ3n) is 3.48. The molecule has 150 valence electrons. The molecular formula is C15H23N4O7P. The van der Waals surface area contributed by atoms with E-state index < -0.39 is 25.6 Å². The predicted octanol–water partition coefficient (Wildman–Crippen LogP) is 2.14. The Morgan fingerprint density at radius 3 is 1.89 bits per heavy atom. The average molecular weight is 402 g/mol. The van der Waals surface area contributed by atoms with Gasteiger partial charge in [0.1, 0.15) is 5.56 Å². The van der Waals surface area contributed by atoms with Crippen LogP contribution in [0.15, 0.2) is 23.1 Å². The second kappa shape index (κ2) is 8.96. The van der Waals surface area contributed by atoms with Crippen molar-refractivity contribution < 1.29 is 34.2 Å². The number of carboxylic acids is 1. The fraction of sp³-hybridized carbons (Fsp3) is 0.400. The van der Waals surface area contributed by atoms with Crippen LogP contribution in [0.5, 0.6) is 5.75 Å². The molecule has 0 fully saturated rings. The molecule has 1 rings (SSSR count). The summed E-state index contributed by atoms with van der Waals surface area (Å²) in [6.07, 6.45) is -1.79. The molecule has 2 N–H and O–H groups in total. The Labute approximate surface area is 156 Å². The fourth-order valence-corrected chi connectivity index (χ4v) is 5.22. The van der Waals surface area contributed by atoms with Crippen molar-refractivity contribution in [3.8, 4) is 5.75 Å². The first kappa shape index (κ1) is 22.6. The number of carboxylic acid groups (broad SMARTS) is 2. The minimum absolute atomic E-state index is 0.0932. The van der Waals surface area contributed by atoms with Crippen LogP contribution in [0.1, 0.15) is 20.7 Å². The summed E-state index contributed by atoms with van der Waals surface area (Å²) in [5.74, 6) is -2.65. The third-order valence-corrected chi connectivity index (χ3v) is 7.01. The highest BCUT2D eigenvalue weighted by Crippen LogP contribution is 2.54. The quantitative estimate of drug-likeness (QED) is 0.302.